The molecule has 2 saturated heterocycles. The lowest BCUT2D eigenvalue weighted by molar-refractivity contribution is -0.124. The Morgan fingerprint density at radius 3 is 2.77 bits per heavy atom. The quantitative estimate of drug-likeness (QED) is 0.772. The topological polar surface area (TPSA) is 61.4 Å². The molecule has 3 rings (SSSR count). The van der Waals surface area contributed by atoms with Gasteiger partial charge in [-0.15, -0.1) is 24.2 Å². The molecule has 26 heavy (non-hydrogen) atoms. The van der Waals surface area contributed by atoms with Crippen molar-refractivity contribution in [1.29, 1.82) is 0 Å². The summed E-state index contributed by atoms with van der Waals surface area (Å²) in [4.78, 5) is 26.9. The van der Waals surface area contributed by atoms with Gasteiger partial charge in [-0.3, -0.25) is 9.59 Å². The number of nitrogens with zero attached hydrogens (tertiary/aromatic N) is 1. The summed E-state index contributed by atoms with van der Waals surface area (Å²) >= 11 is 7.49. The molecule has 0 radical (unpaired) electrons. The zero-order valence-corrected chi connectivity index (χ0v) is 17.0. The smallest absolute Gasteiger partial charge is 0.255 e. The van der Waals surface area contributed by atoms with Crippen LogP contribution in [0.3, 0.4) is 0 Å². The van der Waals surface area contributed by atoms with Gasteiger partial charge in [-0.1, -0.05) is 11.6 Å². The van der Waals surface area contributed by atoms with E-state index in [0.717, 1.165) is 19.5 Å². The zero-order chi connectivity index (χ0) is 17.6. The minimum Gasteiger partial charge on any atom is -0.354 e. The highest BCUT2D eigenvalue weighted by Gasteiger charge is 2.35. The maximum Gasteiger partial charge on any atom is 0.255 e. The Morgan fingerprint density at radius 1 is 1.31 bits per heavy atom. The van der Waals surface area contributed by atoms with Crippen molar-refractivity contribution in [2.45, 2.75) is 25.3 Å². The summed E-state index contributed by atoms with van der Waals surface area (Å²) < 4.78 is 0. The van der Waals surface area contributed by atoms with Gasteiger partial charge in [0, 0.05) is 22.9 Å². The van der Waals surface area contributed by atoms with Crippen molar-refractivity contribution >= 4 is 47.6 Å². The number of carbonyl (C=O) groups excluding carboxylic acids is 2. The molecule has 2 atom stereocenters. The van der Waals surface area contributed by atoms with Gasteiger partial charge >= 0.3 is 0 Å². The number of hydrogen-bond donors (Lipinski definition) is 2. The second-order valence-corrected chi connectivity index (χ2v) is 8.03. The molecule has 1 aromatic carbocycles. The molecule has 0 spiro atoms. The van der Waals surface area contributed by atoms with Gasteiger partial charge in [0.15, 0.2) is 0 Å². The van der Waals surface area contributed by atoms with Crippen LogP contribution in [0.5, 0.6) is 0 Å². The minimum atomic E-state index is -0.391. The van der Waals surface area contributed by atoms with Gasteiger partial charge in [-0.2, -0.15) is 0 Å². The Bertz CT molecular complexity index is 609. The van der Waals surface area contributed by atoms with Crippen molar-refractivity contribution < 1.29 is 9.59 Å². The lowest BCUT2D eigenvalue weighted by Gasteiger charge is -2.25. The largest absolute Gasteiger partial charge is 0.354 e. The average molecular weight is 418 g/mol. The van der Waals surface area contributed by atoms with Crippen molar-refractivity contribution in [3.8, 4) is 0 Å². The van der Waals surface area contributed by atoms with E-state index < -0.39 is 6.04 Å². The van der Waals surface area contributed by atoms with E-state index in [1.54, 1.807) is 40.9 Å². The van der Waals surface area contributed by atoms with Crippen molar-refractivity contribution in [3.05, 3.63) is 34.9 Å². The first-order chi connectivity index (χ1) is 12.1. The molecule has 2 unspecified atom stereocenters. The van der Waals surface area contributed by atoms with Crippen LogP contribution in [0.25, 0.3) is 0 Å². The lowest BCUT2D eigenvalue weighted by atomic mass is 9.96. The van der Waals surface area contributed by atoms with Gasteiger partial charge < -0.3 is 15.5 Å². The fourth-order valence-corrected chi connectivity index (χ4v) is 4.59. The molecular weight excluding hydrogens is 393 g/mol. The first-order valence-corrected chi connectivity index (χ1v) is 10.3. The molecule has 5 nitrogen and oxygen atoms in total. The Labute approximate surface area is 170 Å². The summed E-state index contributed by atoms with van der Waals surface area (Å²) in [5.41, 5.74) is 0.568. The van der Waals surface area contributed by atoms with Crippen LogP contribution in [-0.2, 0) is 4.79 Å². The van der Waals surface area contributed by atoms with E-state index in [2.05, 4.69) is 10.6 Å². The third-order valence-electron chi connectivity index (χ3n) is 4.79. The lowest BCUT2D eigenvalue weighted by Crippen LogP contribution is -2.47. The first-order valence-electron chi connectivity index (χ1n) is 8.78. The number of carbonyl (C=O) groups is 2. The molecule has 8 heteroatoms. The normalized spacial score (nSPS) is 22.6. The maximum atomic E-state index is 12.7. The van der Waals surface area contributed by atoms with Gasteiger partial charge in [-0.05, 0) is 62.5 Å². The Morgan fingerprint density at radius 2 is 2.08 bits per heavy atom. The second-order valence-electron chi connectivity index (χ2n) is 6.59. The molecule has 0 aromatic heterocycles. The van der Waals surface area contributed by atoms with Crippen LogP contribution in [0.15, 0.2) is 24.3 Å². The van der Waals surface area contributed by atoms with E-state index in [-0.39, 0.29) is 24.2 Å². The van der Waals surface area contributed by atoms with Gasteiger partial charge in [0.05, 0.1) is 5.88 Å². The predicted molar refractivity (Wildman–Crippen MR) is 109 cm³/mol. The van der Waals surface area contributed by atoms with E-state index >= 15 is 0 Å². The average Bonchev–Trinajstić information content (AvgIpc) is 3.12. The van der Waals surface area contributed by atoms with E-state index in [1.165, 1.54) is 12.8 Å². The molecule has 0 saturated carbocycles. The van der Waals surface area contributed by atoms with E-state index in [4.69, 9.17) is 11.6 Å². The summed E-state index contributed by atoms with van der Waals surface area (Å²) in [6, 6.07) is 6.42. The zero-order valence-electron chi connectivity index (χ0n) is 14.6. The molecule has 1 aromatic rings. The maximum absolute atomic E-state index is 12.7. The Hall–Kier alpha value is -0.950. The molecular formula is C18H25Cl2N3O2S. The highest BCUT2D eigenvalue weighted by atomic mass is 35.5. The molecule has 2 N–H and O–H groups in total. The van der Waals surface area contributed by atoms with Crippen LogP contribution >= 0.6 is 35.8 Å². The van der Waals surface area contributed by atoms with Crippen LogP contribution in [0.1, 0.15) is 29.6 Å². The van der Waals surface area contributed by atoms with Crippen molar-refractivity contribution in [2.24, 2.45) is 5.92 Å². The highest BCUT2D eigenvalue weighted by Crippen LogP contribution is 2.24. The molecule has 2 aliphatic heterocycles. The van der Waals surface area contributed by atoms with Gasteiger partial charge in [0.25, 0.3) is 5.91 Å². The van der Waals surface area contributed by atoms with Crippen molar-refractivity contribution in [2.75, 3.05) is 31.3 Å². The van der Waals surface area contributed by atoms with Gasteiger partial charge in [0.1, 0.15) is 6.04 Å². The number of hydrogen-bond acceptors (Lipinski definition) is 4. The van der Waals surface area contributed by atoms with Crippen LogP contribution in [0.4, 0.5) is 0 Å². The van der Waals surface area contributed by atoms with Crippen molar-refractivity contribution in [3.63, 3.8) is 0 Å². The van der Waals surface area contributed by atoms with E-state index in [9.17, 15) is 9.59 Å². The SMILES string of the molecule is Cl.O=C(NCCC1CCCNC1)C1CSCN1C(=O)c1ccc(Cl)cc1. The third-order valence-corrected chi connectivity index (χ3v) is 6.05. The number of rotatable bonds is 5. The molecule has 2 heterocycles. The number of nitrogens with one attached hydrogen (secondary N) is 2. The second kappa shape index (κ2) is 10.4. The summed E-state index contributed by atoms with van der Waals surface area (Å²) in [5, 5.41) is 7.01. The molecule has 0 aliphatic carbocycles. The Balaban J connectivity index is 0.00000243. The first kappa shape index (κ1) is 21.4. The Kier molecular flexibility index (Phi) is 8.54. The predicted octanol–water partition coefficient (Wildman–Crippen LogP) is 2.78. The fraction of sp³-hybridized carbons (Fsp3) is 0.556. The standard InChI is InChI=1S/C18H24ClN3O2S.ClH/c19-15-5-3-14(4-6-15)18(24)22-12-25-11-16(22)17(23)21-9-7-13-2-1-8-20-10-13;/h3-6,13,16,20H,1-2,7-12H2,(H,21,23);1H. The number of benzene rings is 1. The van der Waals surface area contributed by atoms with Gasteiger partial charge in [-0.25, -0.2) is 0 Å². The van der Waals surface area contributed by atoms with E-state index in [0.29, 0.717) is 34.7 Å². The van der Waals surface area contributed by atoms with Crippen LogP contribution < -0.4 is 10.6 Å². The molecule has 2 aliphatic rings. The van der Waals surface area contributed by atoms with Crippen LogP contribution in [0.2, 0.25) is 5.02 Å². The highest BCUT2D eigenvalue weighted by molar-refractivity contribution is 7.99. The summed E-state index contributed by atoms with van der Waals surface area (Å²) in [5.74, 6) is 1.68. The number of amides is 2. The summed E-state index contributed by atoms with van der Waals surface area (Å²) in [6.45, 7) is 2.82. The monoisotopic (exact) mass is 417 g/mol. The van der Waals surface area contributed by atoms with Crippen LogP contribution in [0, 0.1) is 5.92 Å². The summed E-state index contributed by atoms with van der Waals surface area (Å²) in [6.07, 6.45) is 3.42. The molecule has 2 fully saturated rings. The van der Waals surface area contributed by atoms with Crippen molar-refractivity contribution in [1.82, 2.24) is 15.5 Å². The number of halogens is 2. The van der Waals surface area contributed by atoms with Crippen LogP contribution in [-0.4, -0.2) is 54.0 Å². The van der Waals surface area contributed by atoms with Gasteiger partial charge in [0.2, 0.25) is 5.91 Å². The fourth-order valence-electron chi connectivity index (χ4n) is 3.31. The minimum absolute atomic E-state index is 0. The van der Waals surface area contributed by atoms with E-state index in [1.807, 2.05) is 0 Å². The number of piperidine rings is 1. The molecule has 144 valence electrons. The molecule has 0 bridgehead atoms. The summed E-state index contributed by atoms with van der Waals surface area (Å²) in [7, 11) is 0. The number of thioether (sulfide) groups is 1. The third kappa shape index (κ3) is 5.52. The molecule has 2 amide bonds.